The van der Waals surface area contributed by atoms with Crippen LogP contribution >= 0.6 is 0 Å². The number of nitrogens with one attached hydrogen (secondary N) is 1. The quantitative estimate of drug-likeness (QED) is 0.673. The van der Waals surface area contributed by atoms with Crippen molar-refractivity contribution in [3.63, 3.8) is 0 Å². The maximum Gasteiger partial charge on any atom is 0.391 e. The van der Waals surface area contributed by atoms with Gasteiger partial charge in [-0.25, -0.2) is 0 Å². The van der Waals surface area contributed by atoms with E-state index in [0.29, 0.717) is 0 Å². The van der Waals surface area contributed by atoms with Crippen molar-refractivity contribution in [1.82, 2.24) is 5.32 Å². The normalized spacial score (nSPS) is 17.1. The van der Waals surface area contributed by atoms with Crippen LogP contribution in [-0.4, -0.2) is 18.8 Å². The van der Waals surface area contributed by atoms with Crippen molar-refractivity contribution in [2.45, 2.75) is 25.1 Å². The van der Waals surface area contributed by atoms with Crippen molar-refractivity contribution in [2.24, 2.45) is 0 Å². The first-order chi connectivity index (χ1) is 4.83. The molecule has 0 radical (unpaired) electrons. The van der Waals surface area contributed by atoms with E-state index in [4.69, 9.17) is 5.26 Å². The van der Waals surface area contributed by atoms with Crippen molar-refractivity contribution in [2.75, 3.05) is 7.05 Å². The molecule has 0 saturated carbocycles. The number of nitriles is 1. The Morgan fingerprint density at radius 2 is 1.91 bits per heavy atom. The molecule has 1 atom stereocenters. The van der Waals surface area contributed by atoms with Crippen LogP contribution in [0.3, 0.4) is 0 Å². The molecule has 0 spiro atoms. The molecule has 1 unspecified atom stereocenters. The van der Waals surface area contributed by atoms with Crippen molar-refractivity contribution in [3.05, 3.63) is 0 Å². The van der Waals surface area contributed by atoms with Crippen LogP contribution in [0.5, 0.6) is 0 Å². The summed E-state index contributed by atoms with van der Waals surface area (Å²) in [5, 5.41) is 10.6. The van der Waals surface area contributed by atoms with E-state index in [9.17, 15) is 13.2 Å². The van der Waals surface area contributed by atoms with Crippen LogP contribution in [0.1, 0.15) is 13.3 Å². The van der Waals surface area contributed by atoms with Crippen molar-refractivity contribution < 1.29 is 13.2 Å². The summed E-state index contributed by atoms with van der Waals surface area (Å²) < 4.78 is 35.2. The Bertz CT molecular complexity index is 170. The van der Waals surface area contributed by atoms with Crippen molar-refractivity contribution in [1.29, 1.82) is 5.26 Å². The Kier molecular flexibility index (Phi) is 2.88. The second kappa shape index (κ2) is 3.09. The van der Waals surface area contributed by atoms with Gasteiger partial charge in [-0.15, -0.1) is 0 Å². The molecule has 1 N–H and O–H groups in total. The maximum atomic E-state index is 11.7. The van der Waals surface area contributed by atoms with E-state index < -0.39 is 18.1 Å². The number of hydrogen-bond acceptors (Lipinski definition) is 2. The number of halogens is 3. The number of hydrogen-bond donors (Lipinski definition) is 1. The third-order valence-electron chi connectivity index (χ3n) is 1.35. The van der Waals surface area contributed by atoms with Gasteiger partial charge in [-0.1, -0.05) is 0 Å². The molecule has 11 heavy (non-hydrogen) atoms. The molecule has 0 aliphatic heterocycles. The lowest BCUT2D eigenvalue weighted by Gasteiger charge is -2.21. The number of nitrogens with zero attached hydrogens (tertiary/aromatic N) is 1. The summed E-state index contributed by atoms with van der Waals surface area (Å²) in [5.41, 5.74) is -1.50. The Labute approximate surface area is 63.0 Å². The molecular weight excluding hydrogens is 157 g/mol. The van der Waals surface area contributed by atoms with Gasteiger partial charge >= 0.3 is 6.18 Å². The number of alkyl halides is 3. The Morgan fingerprint density at radius 3 is 2.00 bits per heavy atom. The average Bonchev–Trinajstić information content (AvgIpc) is 1.84. The first-order valence-corrected chi connectivity index (χ1v) is 3.00. The average molecular weight is 166 g/mol. The molecule has 0 fully saturated rings. The fraction of sp³-hybridized carbons (Fsp3) is 0.833. The first-order valence-electron chi connectivity index (χ1n) is 3.00. The largest absolute Gasteiger partial charge is 0.391 e. The van der Waals surface area contributed by atoms with Gasteiger partial charge in [0.25, 0.3) is 0 Å². The third-order valence-corrected chi connectivity index (χ3v) is 1.35. The van der Waals surface area contributed by atoms with Crippen molar-refractivity contribution >= 4 is 0 Å². The molecular formula is C6H9F3N2. The highest BCUT2D eigenvalue weighted by molar-refractivity contribution is 5.04. The van der Waals surface area contributed by atoms with Gasteiger partial charge in [-0.3, -0.25) is 0 Å². The lowest BCUT2D eigenvalue weighted by atomic mass is 10.0. The van der Waals surface area contributed by atoms with E-state index in [1.165, 1.54) is 14.0 Å². The minimum Gasteiger partial charge on any atom is -0.302 e. The van der Waals surface area contributed by atoms with Crippen LogP contribution in [0.15, 0.2) is 0 Å². The molecule has 0 amide bonds. The summed E-state index contributed by atoms with van der Waals surface area (Å²) in [6, 6.07) is 1.55. The third kappa shape index (κ3) is 3.83. The minimum absolute atomic E-state index is 1.13. The Balaban J connectivity index is 4.23. The highest BCUT2D eigenvalue weighted by Crippen LogP contribution is 2.26. The van der Waals surface area contributed by atoms with Crippen LogP contribution in [0.2, 0.25) is 0 Å². The lowest BCUT2D eigenvalue weighted by molar-refractivity contribution is -0.143. The Morgan fingerprint density at radius 1 is 1.45 bits per heavy atom. The van der Waals surface area contributed by atoms with Gasteiger partial charge in [0.1, 0.15) is 5.54 Å². The molecule has 0 bridgehead atoms. The van der Waals surface area contributed by atoms with Crippen LogP contribution in [0, 0.1) is 11.3 Å². The minimum atomic E-state index is -4.30. The van der Waals surface area contributed by atoms with Gasteiger partial charge in [-0.05, 0) is 14.0 Å². The predicted octanol–water partition coefficient (Wildman–Crippen LogP) is 1.44. The lowest BCUT2D eigenvalue weighted by Crippen LogP contribution is -2.42. The molecule has 0 saturated heterocycles. The van der Waals surface area contributed by atoms with E-state index in [0.717, 1.165) is 0 Å². The van der Waals surface area contributed by atoms with E-state index in [1.54, 1.807) is 6.07 Å². The molecule has 2 nitrogen and oxygen atoms in total. The smallest absolute Gasteiger partial charge is 0.302 e. The zero-order valence-electron chi connectivity index (χ0n) is 6.29. The monoisotopic (exact) mass is 166 g/mol. The highest BCUT2D eigenvalue weighted by atomic mass is 19.4. The van der Waals surface area contributed by atoms with Gasteiger partial charge in [0.15, 0.2) is 0 Å². The van der Waals surface area contributed by atoms with E-state index in [1.807, 2.05) is 0 Å². The molecule has 0 rings (SSSR count). The summed E-state index contributed by atoms with van der Waals surface area (Å²) in [5.74, 6) is 0. The van der Waals surface area contributed by atoms with Gasteiger partial charge in [0.2, 0.25) is 0 Å². The predicted molar refractivity (Wildman–Crippen MR) is 33.7 cm³/mol. The maximum absolute atomic E-state index is 11.7. The summed E-state index contributed by atoms with van der Waals surface area (Å²) in [4.78, 5) is 0. The summed E-state index contributed by atoms with van der Waals surface area (Å²) in [6.45, 7) is 1.21. The SMILES string of the molecule is CNC(C)(C#N)CC(F)(F)F. The molecule has 5 heteroatoms. The fourth-order valence-electron chi connectivity index (χ4n) is 0.585. The van der Waals surface area contributed by atoms with Gasteiger partial charge < -0.3 is 5.32 Å². The van der Waals surface area contributed by atoms with E-state index in [2.05, 4.69) is 5.32 Å². The second-order valence-corrected chi connectivity index (χ2v) is 2.49. The molecule has 0 aliphatic carbocycles. The molecule has 0 aliphatic rings. The molecule has 0 aromatic heterocycles. The van der Waals surface area contributed by atoms with Gasteiger partial charge in [-0.2, -0.15) is 18.4 Å². The zero-order valence-corrected chi connectivity index (χ0v) is 6.29. The molecule has 0 aromatic rings. The number of rotatable bonds is 2. The second-order valence-electron chi connectivity index (χ2n) is 2.49. The first kappa shape index (κ1) is 10.2. The molecule has 64 valence electrons. The summed E-state index contributed by atoms with van der Waals surface area (Å²) in [6.07, 6.45) is -5.43. The van der Waals surface area contributed by atoms with Crippen LogP contribution < -0.4 is 5.32 Å². The summed E-state index contributed by atoms with van der Waals surface area (Å²) >= 11 is 0. The highest BCUT2D eigenvalue weighted by Gasteiger charge is 2.38. The van der Waals surface area contributed by atoms with Crippen LogP contribution in [0.4, 0.5) is 13.2 Å². The molecule has 0 aromatic carbocycles. The standard InChI is InChI=1S/C6H9F3N2/c1-5(4-10,11-2)3-6(7,8)9/h11H,3H2,1-2H3. The van der Waals surface area contributed by atoms with Gasteiger partial charge in [0.05, 0.1) is 12.5 Å². The molecule has 0 heterocycles. The zero-order chi connectivity index (χ0) is 9.12. The fourth-order valence-corrected chi connectivity index (χ4v) is 0.585. The van der Waals surface area contributed by atoms with Crippen LogP contribution in [0.25, 0.3) is 0 Å². The van der Waals surface area contributed by atoms with Gasteiger partial charge in [0, 0.05) is 0 Å². The van der Waals surface area contributed by atoms with E-state index >= 15 is 0 Å². The van der Waals surface area contributed by atoms with Crippen LogP contribution in [-0.2, 0) is 0 Å². The Hall–Kier alpha value is -0.760. The summed E-state index contributed by atoms with van der Waals surface area (Å²) in [7, 11) is 1.33. The topological polar surface area (TPSA) is 35.8 Å². The van der Waals surface area contributed by atoms with Crippen molar-refractivity contribution in [3.8, 4) is 6.07 Å². The van der Waals surface area contributed by atoms with E-state index in [-0.39, 0.29) is 0 Å².